The van der Waals surface area contributed by atoms with Crippen LogP contribution in [0.2, 0.25) is 5.02 Å². The summed E-state index contributed by atoms with van der Waals surface area (Å²) < 4.78 is -0.818. The Bertz CT molecular complexity index is 1620. The predicted molar refractivity (Wildman–Crippen MR) is 188 cm³/mol. The fraction of sp³-hybridized carbons (Fsp3) is 0.342. The van der Waals surface area contributed by atoms with Crippen LogP contribution in [0.3, 0.4) is 0 Å². The molecule has 244 valence electrons. The van der Waals surface area contributed by atoms with Gasteiger partial charge in [0.05, 0.1) is 29.2 Å². The first kappa shape index (κ1) is 33.1. The lowest BCUT2D eigenvalue weighted by atomic mass is 9.70. The van der Waals surface area contributed by atoms with Crippen LogP contribution >= 0.6 is 23.4 Å². The van der Waals surface area contributed by atoms with Gasteiger partial charge in [-0.15, -0.1) is 24.9 Å². The number of fused-ring (bicyclic) bond motifs is 1. The molecule has 0 aliphatic carbocycles. The van der Waals surface area contributed by atoms with Gasteiger partial charge < -0.3 is 19.8 Å². The van der Waals surface area contributed by atoms with Crippen LogP contribution in [-0.2, 0) is 27.3 Å². The minimum absolute atomic E-state index is 0.0940. The van der Waals surface area contributed by atoms with Gasteiger partial charge in [-0.1, -0.05) is 84.4 Å². The predicted octanol–water partition coefficient (Wildman–Crippen LogP) is 5.77. The number of rotatable bonds is 13. The molecule has 2 bridgehead atoms. The molecule has 0 saturated carbocycles. The number of halogens is 1. The van der Waals surface area contributed by atoms with E-state index in [9.17, 15) is 19.5 Å². The van der Waals surface area contributed by atoms with Gasteiger partial charge in [-0.3, -0.25) is 14.4 Å². The monoisotopic (exact) mass is 669 g/mol. The van der Waals surface area contributed by atoms with Crippen molar-refractivity contribution < 1.29 is 19.5 Å². The molecule has 47 heavy (non-hydrogen) atoms. The Hall–Kier alpha value is -3.85. The molecule has 6 atom stereocenters. The second-order valence-corrected chi connectivity index (χ2v) is 14.6. The second-order valence-electron chi connectivity index (χ2n) is 12.5. The molecule has 3 fully saturated rings. The van der Waals surface area contributed by atoms with Crippen molar-refractivity contribution in [3.63, 3.8) is 0 Å². The number of hydrogen-bond acceptors (Lipinski definition) is 5. The number of amides is 3. The fourth-order valence-corrected chi connectivity index (χ4v) is 10.1. The van der Waals surface area contributed by atoms with E-state index in [-0.39, 0.29) is 36.1 Å². The molecular weight excluding hydrogens is 630 g/mol. The Morgan fingerprint density at radius 1 is 0.957 bits per heavy atom. The van der Waals surface area contributed by atoms with Crippen molar-refractivity contribution in [1.82, 2.24) is 9.80 Å². The van der Waals surface area contributed by atoms with Gasteiger partial charge in [-0.05, 0) is 54.7 Å². The van der Waals surface area contributed by atoms with Crippen LogP contribution in [0.15, 0.2) is 110 Å². The zero-order valence-corrected chi connectivity index (χ0v) is 27.9. The number of likely N-dealkylation sites (tertiary alicyclic amines) is 1. The third-order valence-electron chi connectivity index (χ3n) is 9.77. The number of hydrogen-bond donors (Lipinski definition) is 1. The van der Waals surface area contributed by atoms with Crippen molar-refractivity contribution in [1.29, 1.82) is 0 Å². The number of carbonyl (C=O) groups excluding carboxylic acids is 3. The van der Waals surface area contributed by atoms with Gasteiger partial charge in [0, 0.05) is 35.6 Å². The Morgan fingerprint density at radius 3 is 2.21 bits per heavy atom. The highest BCUT2D eigenvalue weighted by molar-refractivity contribution is 8.02. The molecule has 2 unspecified atom stereocenters. The molecule has 0 radical (unpaired) electrons. The average Bonchev–Trinajstić information content (AvgIpc) is 3.74. The normalized spacial score (nSPS) is 24.9. The first-order valence-corrected chi connectivity index (χ1v) is 17.3. The van der Waals surface area contributed by atoms with E-state index in [0.29, 0.717) is 36.6 Å². The minimum Gasteiger partial charge on any atom is -0.394 e. The van der Waals surface area contributed by atoms with Crippen LogP contribution in [0, 0.1) is 11.8 Å². The van der Waals surface area contributed by atoms with Gasteiger partial charge in [0.15, 0.2) is 0 Å². The van der Waals surface area contributed by atoms with Crippen LogP contribution in [0.1, 0.15) is 24.0 Å². The SMILES string of the molecule is C=CCN(Cc1ccccc1)C(=O)[C@@H]1[C@H]2C(=O)N([C@@H](CO)Cc3ccccc3)C(C(=O)N(CC=C)c3ccc(Cl)cc3)C23CC[C@H]1S3. The maximum absolute atomic E-state index is 15.0. The van der Waals surface area contributed by atoms with Crippen LogP contribution in [0.25, 0.3) is 0 Å². The number of carbonyl (C=O) groups is 3. The lowest BCUT2D eigenvalue weighted by Crippen LogP contribution is -2.58. The van der Waals surface area contributed by atoms with Gasteiger partial charge in [-0.25, -0.2) is 0 Å². The Morgan fingerprint density at radius 2 is 1.60 bits per heavy atom. The molecule has 1 N–H and O–H groups in total. The molecule has 3 aromatic rings. The molecule has 6 rings (SSSR count). The molecule has 3 aliphatic rings. The Kier molecular flexibility index (Phi) is 9.92. The molecule has 3 saturated heterocycles. The first-order chi connectivity index (χ1) is 22.8. The molecule has 3 aromatic carbocycles. The average molecular weight is 670 g/mol. The first-order valence-electron chi connectivity index (χ1n) is 16.1. The summed E-state index contributed by atoms with van der Waals surface area (Å²) in [5.41, 5.74) is 2.58. The van der Waals surface area contributed by atoms with E-state index < -0.39 is 28.7 Å². The molecule has 0 aromatic heterocycles. The summed E-state index contributed by atoms with van der Waals surface area (Å²) in [5, 5.41) is 11.3. The van der Waals surface area contributed by atoms with Gasteiger partial charge in [0.25, 0.3) is 5.91 Å². The van der Waals surface area contributed by atoms with Gasteiger partial charge in [-0.2, -0.15) is 0 Å². The van der Waals surface area contributed by atoms with Crippen LogP contribution < -0.4 is 4.90 Å². The van der Waals surface area contributed by atoms with E-state index in [1.165, 1.54) is 0 Å². The van der Waals surface area contributed by atoms with E-state index in [0.717, 1.165) is 17.5 Å². The summed E-state index contributed by atoms with van der Waals surface area (Å²) in [6.07, 6.45) is 5.11. The summed E-state index contributed by atoms with van der Waals surface area (Å²) in [6, 6.07) is 25.0. The molecule has 3 heterocycles. The zero-order valence-electron chi connectivity index (χ0n) is 26.3. The van der Waals surface area contributed by atoms with Gasteiger partial charge >= 0.3 is 0 Å². The summed E-state index contributed by atoms with van der Waals surface area (Å²) in [4.78, 5) is 49.5. The van der Waals surface area contributed by atoms with E-state index in [4.69, 9.17) is 11.6 Å². The zero-order chi connectivity index (χ0) is 33.1. The van der Waals surface area contributed by atoms with Crippen molar-refractivity contribution >= 4 is 46.8 Å². The fourth-order valence-electron chi connectivity index (χ4n) is 7.81. The van der Waals surface area contributed by atoms with Crippen molar-refractivity contribution in [2.45, 2.75) is 47.9 Å². The molecular formula is C38H40ClN3O4S. The van der Waals surface area contributed by atoms with E-state index >= 15 is 0 Å². The maximum atomic E-state index is 15.0. The number of anilines is 1. The summed E-state index contributed by atoms with van der Waals surface area (Å²) in [7, 11) is 0. The lowest BCUT2D eigenvalue weighted by molar-refractivity contribution is -0.145. The lowest BCUT2D eigenvalue weighted by Gasteiger charge is -2.39. The largest absolute Gasteiger partial charge is 0.394 e. The molecule has 9 heteroatoms. The standard InChI is InChI=1S/C38H40ClN3O4S/c1-3-21-40(24-27-13-9-6-10-14-27)35(44)32-31-19-20-38(47-31)33(32)36(45)42(30(25-43)23-26-11-7-5-8-12-26)34(38)37(46)41(22-4-2)29-17-15-28(39)16-18-29/h3-18,30-34,43H,1-2,19-25H2/t30-,31-,32+,33+,34?,38?/m1/s1. The van der Waals surface area contributed by atoms with Crippen LogP contribution in [0.4, 0.5) is 5.69 Å². The Labute approximate surface area is 285 Å². The number of aliphatic hydroxyl groups is 1. The van der Waals surface area contributed by atoms with Crippen molar-refractivity contribution in [3.8, 4) is 0 Å². The van der Waals surface area contributed by atoms with E-state index in [1.54, 1.807) is 62.9 Å². The highest BCUT2D eigenvalue weighted by Gasteiger charge is 2.74. The Balaban J connectivity index is 1.42. The van der Waals surface area contributed by atoms with Crippen LogP contribution in [0.5, 0.6) is 0 Å². The highest BCUT2D eigenvalue weighted by atomic mass is 35.5. The topological polar surface area (TPSA) is 81.2 Å². The third-order valence-corrected chi connectivity index (χ3v) is 12.0. The minimum atomic E-state index is -0.883. The van der Waals surface area contributed by atoms with Crippen LogP contribution in [-0.4, -0.2) is 74.4 Å². The molecule has 3 amide bonds. The van der Waals surface area contributed by atoms with Gasteiger partial charge in [0.2, 0.25) is 11.8 Å². The van der Waals surface area contributed by atoms with Crippen molar-refractivity contribution in [3.05, 3.63) is 126 Å². The number of thioether (sulfide) groups is 1. The summed E-state index contributed by atoms with van der Waals surface area (Å²) in [5.74, 6) is -1.87. The van der Waals surface area contributed by atoms with E-state index in [2.05, 4.69) is 13.2 Å². The maximum Gasteiger partial charge on any atom is 0.251 e. The number of benzene rings is 3. The van der Waals surface area contributed by atoms with Crippen molar-refractivity contribution in [2.24, 2.45) is 11.8 Å². The summed E-state index contributed by atoms with van der Waals surface area (Å²) in [6.45, 7) is 8.46. The second kappa shape index (κ2) is 14.1. The number of aliphatic hydroxyl groups excluding tert-OH is 1. The van der Waals surface area contributed by atoms with Crippen molar-refractivity contribution in [2.75, 3.05) is 24.6 Å². The molecule has 7 nitrogen and oxygen atoms in total. The smallest absolute Gasteiger partial charge is 0.251 e. The molecule has 1 spiro atoms. The quantitative estimate of drug-likeness (QED) is 0.234. The van der Waals surface area contributed by atoms with E-state index in [1.807, 2.05) is 60.7 Å². The summed E-state index contributed by atoms with van der Waals surface area (Å²) >= 11 is 7.82. The highest BCUT2D eigenvalue weighted by Crippen LogP contribution is 2.67. The number of nitrogens with zero attached hydrogens (tertiary/aromatic N) is 3. The van der Waals surface area contributed by atoms with Gasteiger partial charge in [0.1, 0.15) is 6.04 Å². The third kappa shape index (κ3) is 6.15. The molecule has 3 aliphatic heterocycles.